The van der Waals surface area contributed by atoms with Crippen molar-refractivity contribution in [3.63, 3.8) is 0 Å². The van der Waals surface area contributed by atoms with Gasteiger partial charge in [0.1, 0.15) is 4.88 Å². The van der Waals surface area contributed by atoms with Crippen molar-refractivity contribution in [2.24, 2.45) is 0 Å². The first-order valence-electron chi connectivity index (χ1n) is 6.42. The highest BCUT2D eigenvalue weighted by Crippen LogP contribution is 2.27. The van der Waals surface area contributed by atoms with Crippen molar-refractivity contribution in [1.29, 1.82) is 0 Å². The SMILES string of the molecule is CC(C)c1nc(CC2CCCCO2)sc1C(=O)O. The molecule has 1 unspecified atom stereocenters. The topological polar surface area (TPSA) is 59.4 Å². The zero-order valence-electron chi connectivity index (χ0n) is 10.8. The molecule has 0 aromatic carbocycles. The van der Waals surface area contributed by atoms with Crippen LogP contribution >= 0.6 is 11.3 Å². The zero-order valence-corrected chi connectivity index (χ0v) is 11.6. The Morgan fingerprint density at radius 3 is 2.83 bits per heavy atom. The van der Waals surface area contributed by atoms with Gasteiger partial charge < -0.3 is 9.84 Å². The third-order valence-electron chi connectivity index (χ3n) is 3.12. The Morgan fingerprint density at radius 1 is 1.56 bits per heavy atom. The molecule has 5 heteroatoms. The summed E-state index contributed by atoms with van der Waals surface area (Å²) in [5, 5.41) is 10.1. The lowest BCUT2D eigenvalue weighted by Gasteiger charge is -2.21. The van der Waals surface area contributed by atoms with Gasteiger partial charge in [0.15, 0.2) is 0 Å². The summed E-state index contributed by atoms with van der Waals surface area (Å²) in [4.78, 5) is 16.0. The van der Waals surface area contributed by atoms with E-state index < -0.39 is 5.97 Å². The second kappa shape index (κ2) is 5.80. The number of ether oxygens (including phenoxy) is 1. The number of carbonyl (C=O) groups is 1. The molecule has 1 N–H and O–H groups in total. The van der Waals surface area contributed by atoms with E-state index in [1.54, 1.807) is 0 Å². The Kier molecular flexibility index (Phi) is 4.35. The van der Waals surface area contributed by atoms with Gasteiger partial charge in [-0.3, -0.25) is 0 Å². The van der Waals surface area contributed by atoms with E-state index in [0.717, 1.165) is 30.9 Å². The highest BCUT2D eigenvalue weighted by atomic mass is 32.1. The molecule has 1 aliphatic rings. The number of carboxylic acids is 1. The number of nitrogens with zero attached hydrogens (tertiary/aromatic N) is 1. The number of hydrogen-bond acceptors (Lipinski definition) is 4. The molecular weight excluding hydrogens is 250 g/mol. The van der Waals surface area contributed by atoms with Crippen LogP contribution in [0.2, 0.25) is 0 Å². The molecule has 1 saturated heterocycles. The maximum atomic E-state index is 11.2. The first kappa shape index (κ1) is 13.5. The molecular formula is C13H19NO3S. The molecule has 1 aliphatic heterocycles. The van der Waals surface area contributed by atoms with Crippen molar-refractivity contribution in [3.8, 4) is 0 Å². The van der Waals surface area contributed by atoms with Gasteiger partial charge >= 0.3 is 5.97 Å². The minimum atomic E-state index is -0.869. The quantitative estimate of drug-likeness (QED) is 0.912. The second-order valence-corrected chi connectivity index (χ2v) is 6.06. The summed E-state index contributed by atoms with van der Waals surface area (Å²) >= 11 is 1.30. The molecule has 0 amide bonds. The Hall–Kier alpha value is -0.940. The van der Waals surface area contributed by atoms with Crippen molar-refractivity contribution in [3.05, 3.63) is 15.6 Å². The molecule has 0 bridgehead atoms. The van der Waals surface area contributed by atoms with Crippen LogP contribution in [0.1, 0.15) is 59.4 Å². The largest absolute Gasteiger partial charge is 0.477 e. The molecule has 1 aromatic rings. The van der Waals surface area contributed by atoms with Crippen LogP contribution in [-0.2, 0) is 11.2 Å². The van der Waals surface area contributed by atoms with E-state index in [1.165, 1.54) is 17.8 Å². The van der Waals surface area contributed by atoms with E-state index in [9.17, 15) is 9.90 Å². The molecule has 1 fully saturated rings. The third kappa shape index (κ3) is 3.09. The fourth-order valence-corrected chi connectivity index (χ4v) is 3.30. The number of thiazole rings is 1. The van der Waals surface area contributed by atoms with E-state index in [1.807, 2.05) is 13.8 Å². The number of rotatable bonds is 4. The van der Waals surface area contributed by atoms with E-state index >= 15 is 0 Å². The normalized spacial score (nSPS) is 20.3. The Balaban J connectivity index is 2.13. The van der Waals surface area contributed by atoms with Gasteiger partial charge in [-0.15, -0.1) is 11.3 Å². The van der Waals surface area contributed by atoms with Crippen LogP contribution in [0.25, 0.3) is 0 Å². The number of aromatic carboxylic acids is 1. The highest BCUT2D eigenvalue weighted by molar-refractivity contribution is 7.13. The van der Waals surface area contributed by atoms with Gasteiger partial charge in [-0.25, -0.2) is 9.78 Å². The van der Waals surface area contributed by atoms with Gasteiger partial charge in [0.2, 0.25) is 0 Å². The van der Waals surface area contributed by atoms with Crippen molar-refractivity contribution < 1.29 is 14.6 Å². The van der Waals surface area contributed by atoms with Crippen molar-refractivity contribution in [2.75, 3.05) is 6.61 Å². The summed E-state index contributed by atoms with van der Waals surface area (Å²) in [6.07, 6.45) is 4.34. The Morgan fingerprint density at radius 2 is 2.33 bits per heavy atom. The smallest absolute Gasteiger partial charge is 0.347 e. The first-order valence-corrected chi connectivity index (χ1v) is 7.24. The minimum Gasteiger partial charge on any atom is -0.477 e. The van der Waals surface area contributed by atoms with Crippen LogP contribution in [0.4, 0.5) is 0 Å². The predicted molar refractivity (Wildman–Crippen MR) is 70.5 cm³/mol. The van der Waals surface area contributed by atoms with Gasteiger partial charge in [0.05, 0.1) is 16.8 Å². The Bertz CT molecular complexity index is 422. The van der Waals surface area contributed by atoms with Gasteiger partial charge in [-0.2, -0.15) is 0 Å². The van der Waals surface area contributed by atoms with E-state index in [4.69, 9.17) is 4.74 Å². The maximum absolute atomic E-state index is 11.2. The summed E-state index contributed by atoms with van der Waals surface area (Å²) in [5.41, 5.74) is 0.707. The lowest BCUT2D eigenvalue weighted by molar-refractivity contribution is 0.0167. The van der Waals surface area contributed by atoms with Crippen LogP contribution < -0.4 is 0 Å². The third-order valence-corrected chi connectivity index (χ3v) is 4.20. The Labute approximate surface area is 111 Å². The predicted octanol–water partition coefficient (Wildman–Crippen LogP) is 3.08. The second-order valence-electron chi connectivity index (χ2n) is 4.97. The molecule has 1 atom stereocenters. The molecule has 0 spiro atoms. The zero-order chi connectivity index (χ0) is 13.1. The summed E-state index contributed by atoms with van der Waals surface area (Å²) < 4.78 is 5.67. The van der Waals surface area contributed by atoms with Crippen LogP contribution in [0.15, 0.2) is 0 Å². The van der Waals surface area contributed by atoms with Crippen molar-refractivity contribution in [2.45, 2.75) is 51.6 Å². The van der Waals surface area contributed by atoms with Crippen LogP contribution in [0.5, 0.6) is 0 Å². The molecule has 2 heterocycles. The molecule has 4 nitrogen and oxygen atoms in total. The summed E-state index contributed by atoms with van der Waals surface area (Å²) in [7, 11) is 0. The van der Waals surface area contributed by atoms with E-state index in [2.05, 4.69) is 4.98 Å². The van der Waals surface area contributed by atoms with Crippen molar-refractivity contribution >= 4 is 17.3 Å². The molecule has 0 saturated carbocycles. The van der Waals surface area contributed by atoms with Gasteiger partial charge in [0, 0.05) is 13.0 Å². The molecule has 1 aromatic heterocycles. The highest BCUT2D eigenvalue weighted by Gasteiger charge is 2.22. The number of aromatic nitrogens is 1. The molecule has 100 valence electrons. The van der Waals surface area contributed by atoms with E-state index in [-0.39, 0.29) is 12.0 Å². The summed E-state index contributed by atoms with van der Waals surface area (Å²) in [5.74, 6) is -0.722. The minimum absolute atomic E-state index is 0.147. The van der Waals surface area contributed by atoms with Crippen LogP contribution in [0, 0.1) is 0 Å². The maximum Gasteiger partial charge on any atom is 0.347 e. The van der Waals surface area contributed by atoms with Crippen LogP contribution in [0.3, 0.4) is 0 Å². The van der Waals surface area contributed by atoms with Gasteiger partial charge in [-0.1, -0.05) is 13.8 Å². The molecule has 0 radical (unpaired) electrons. The first-order chi connectivity index (χ1) is 8.58. The molecule has 0 aliphatic carbocycles. The van der Waals surface area contributed by atoms with Gasteiger partial charge in [-0.05, 0) is 25.2 Å². The monoisotopic (exact) mass is 269 g/mol. The average molecular weight is 269 g/mol. The fraction of sp³-hybridized carbons (Fsp3) is 0.692. The van der Waals surface area contributed by atoms with Gasteiger partial charge in [0.25, 0.3) is 0 Å². The lowest BCUT2D eigenvalue weighted by Crippen LogP contribution is -2.21. The number of carboxylic acid groups (broad SMARTS) is 1. The van der Waals surface area contributed by atoms with Crippen molar-refractivity contribution in [1.82, 2.24) is 4.98 Å². The lowest BCUT2D eigenvalue weighted by atomic mass is 10.1. The van der Waals surface area contributed by atoms with Crippen LogP contribution in [-0.4, -0.2) is 28.8 Å². The standard InChI is InChI=1S/C13H19NO3S/c1-8(2)11-12(13(15)16)18-10(14-11)7-9-5-3-4-6-17-9/h8-9H,3-7H2,1-2H3,(H,15,16). The molecule has 2 rings (SSSR count). The number of hydrogen-bond donors (Lipinski definition) is 1. The summed E-state index contributed by atoms with van der Waals surface area (Å²) in [6, 6.07) is 0. The average Bonchev–Trinajstić information content (AvgIpc) is 2.74. The molecule has 18 heavy (non-hydrogen) atoms. The van der Waals surface area contributed by atoms with E-state index in [0.29, 0.717) is 10.6 Å². The summed E-state index contributed by atoms with van der Waals surface area (Å²) in [6.45, 7) is 4.77. The fourth-order valence-electron chi connectivity index (χ4n) is 2.17.